The van der Waals surface area contributed by atoms with E-state index in [0.717, 1.165) is 28.5 Å². The lowest BCUT2D eigenvalue weighted by Gasteiger charge is -2.12. The Morgan fingerprint density at radius 1 is 0.867 bits per heavy atom. The summed E-state index contributed by atoms with van der Waals surface area (Å²) in [6, 6.07) is 24.9. The van der Waals surface area contributed by atoms with Crippen molar-refractivity contribution in [3.8, 4) is 11.3 Å². The van der Waals surface area contributed by atoms with Gasteiger partial charge in [-0.2, -0.15) is 0 Å². The molecule has 3 N–H and O–H groups in total. The highest BCUT2D eigenvalue weighted by Crippen LogP contribution is 2.25. The first kappa shape index (κ1) is 18.3. The number of hydrogen-bond acceptors (Lipinski definition) is 5. The minimum atomic E-state index is -0.0344. The van der Waals surface area contributed by atoms with E-state index in [4.69, 9.17) is 10.3 Å². The van der Waals surface area contributed by atoms with Gasteiger partial charge in [-0.25, -0.2) is 0 Å². The normalized spacial score (nSPS) is 12.3. The van der Waals surface area contributed by atoms with Crippen LogP contribution < -0.4 is 11.1 Å². The zero-order valence-corrected chi connectivity index (χ0v) is 16.5. The van der Waals surface area contributed by atoms with Gasteiger partial charge in [0.2, 0.25) is 5.88 Å². The molecule has 2 aromatic heterocycles. The van der Waals surface area contributed by atoms with Crippen LogP contribution in [0.3, 0.4) is 0 Å². The van der Waals surface area contributed by atoms with Crippen LogP contribution in [0.4, 0.5) is 5.88 Å². The number of fused-ring (bicyclic) bond motifs is 2. The summed E-state index contributed by atoms with van der Waals surface area (Å²) in [5.41, 5.74) is 9.37. The van der Waals surface area contributed by atoms with Gasteiger partial charge in [0.15, 0.2) is 0 Å². The molecule has 0 amide bonds. The molecule has 0 saturated heterocycles. The maximum Gasteiger partial charge on any atom is 0.225 e. The molecular formula is C25H22N4O. The predicted molar refractivity (Wildman–Crippen MR) is 121 cm³/mol. The lowest BCUT2D eigenvalue weighted by atomic mass is 10.0. The van der Waals surface area contributed by atoms with Crippen LogP contribution >= 0.6 is 0 Å². The molecule has 3 aromatic carbocycles. The van der Waals surface area contributed by atoms with Crippen molar-refractivity contribution >= 4 is 27.4 Å². The number of anilines is 1. The SMILES string of the molecule is N[C@H](CNc1cc(-c2ccc3cnccc3c2)no1)Cc1ccc2ccccc2c1. The highest BCUT2D eigenvalue weighted by atomic mass is 16.5. The molecule has 5 nitrogen and oxygen atoms in total. The molecule has 5 aromatic rings. The molecule has 5 rings (SSSR count). The number of aromatic nitrogens is 2. The predicted octanol–water partition coefficient (Wildman–Crippen LogP) is 5.02. The van der Waals surface area contributed by atoms with Gasteiger partial charge in [0.05, 0.1) is 0 Å². The lowest BCUT2D eigenvalue weighted by molar-refractivity contribution is 0.433. The van der Waals surface area contributed by atoms with Crippen LogP contribution in [0, 0.1) is 0 Å². The average molecular weight is 394 g/mol. The second-order valence-electron chi connectivity index (χ2n) is 7.54. The van der Waals surface area contributed by atoms with Crippen LogP contribution in [-0.4, -0.2) is 22.7 Å². The van der Waals surface area contributed by atoms with Crippen molar-refractivity contribution in [3.63, 3.8) is 0 Å². The van der Waals surface area contributed by atoms with Gasteiger partial charge in [0, 0.05) is 42.0 Å². The Morgan fingerprint density at radius 3 is 2.63 bits per heavy atom. The Hall–Kier alpha value is -3.70. The molecule has 0 bridgehead atoms. The maximum absolute atomic E-state index is 6.35. The van der Waals surface area contributed by atoms with E-state index in [1.165, 1.54) is 16.3 Å². The fourth-order valence-electron chi connectivity index (χ4n) is 3.71. The van der Waals surface area contributed by atoms with Crippen molar-refractivity contribution in [1.29, 1.82) is 0 Å². The fourth-order valence-corrected chi connectivity index (χ4v) is 3.71. The highest BCUT2D eigenvalue weighted by molar-refractivity contribution is 5.86. The van der Waals surface area contributed by atoms with Gasteiger partial charge in [-0.3, -0.25) is 4.98 Å². The largest absolute Gasteiger partial charge is 0.352 e. The molecule has 0 fully saturated rings. The Morgan fingerprint density at radius 2 is 1.70 bits per heavy atom. The molecular weight excluding hydrogens is 372 g/mol. The number of benzene rings is 3. The van der Waals surface area contributed by atoms with Gasteiger partial charge in [-0.1, -0.05) is 59.8 Å². The van der Waals surface area contributed by atoms with Crippen LogP contribution in [-0.2, 0) is 6.42 Å². The van der Waals surface area contributed by atoms with Gasteiger partial charge >= 0.3 is 0 Å². The van der Waals surface area contributed by atoms with Gasteiger partial charge in [0.25, 0.3) is 0 Å². The monoisotopic (exact) mass is 394 g/mol. The molecule has 0 aliphatic carbocycles. The van der Waals surface area contributed by atoms with Gasteiger partial charge in [0.1, 0.15) is 5.69 Å². The minimum Gasteiger partial charge on any atom is -0.352 e. The standard InChI is InChI=1S/C25H22N4O/c26-23(12-17-5-6-18-3-1-2-4-19(18)11-17)16-28-25-14-24(29-30-25)21-7-8-22-15-27-10-9-20(22)13-21/h1-11,13-15,23,28H,12,16,26H2/t23-/m0/s1. The number of nitrogens with two attached hydrogens (primary N) is 1. The van der Waals surface area contributed by atoms with E-state index in [9.17, 15) is 0 Å². The van der Waals surface area contributed by atoms with Crippen molar-refractivity contribution in [3.05, 3.63) is 90.8 Å². The zero-order chi connectivity index (χ0) is 20.3. The molecule has 0 aliphatic heterocycles. The summed E-state index contributed by atoms with van der Waals surface area (Å²) >= 11 is 0. The van der Waals surface area contributed by atoms with Crippen molar-refractivity contribution in [1.82, 2.24) is 10.1 Å². The van der Waals surface area contributed by atoms with E-state index in [2.05, 4.69) is 64.0 Å². The van der Waals surface area contributed by atoms with Crippen molar-refractivity contribution < 1.29 is 4.52 Å². The molecule has 2 heterocycles. The summed E-state index contributed by atoms with van der Waals surface area (Å²) in [5.74, 6) is 0.619. The molecule has 0 saturated carbocycles. The van der Waals surface area contributed by atoms with Gasteiger partial charge in [-0.15, -0.1) is 0 Å². The Bertz CT molecular complexity index is 1310. The quantitative estimate of drug-likeness (QED) is 0.423. The van der Waals surface area contributed by atoms with Gasteiger partial charge in [-0.05, 0) is 40.3 Å². The number of rotatable bonds is 6. The minimum absolute atomic E-state index is 0.0344. The van der Waals surface area contributed by atoms with E-state index >= 15 is 0 Å². The molecule has 5 heteroatoms. The van der Waals surface area contributed by atoms with Crippen molar-refractivity contribution in [2.45, 2.75) is 12.5 Å². The number of nitrogens with zero attached hydrogens (tertiary/aromatic N) is 2. The second-order valence-corrected chi connectivity index (χ2v) is 7.54. The molecule has 0 aliphatic rings. The fraction of sp³-hybridized carbons (Fsp3) is 0.120. The molecule has 1 atom stereocenters. The van der Waals surface area contributed by atoms with Crippen LogP contribution in [0.5, 0.6) is 0 Å². The van der Waals surface area contributed by atoms with Crippen LogP contribution in [0.1, 0.15) is 5.56 Å². The Labute approximate surface area is 174 Å². The molecule has 0 spiro atoms. The van der Waals surface area contributed by atoms with E-state index < -0.39 is 0 Å². The van der Waals surface area contributed by atoms with Crippen LogP contribution in [0.2, 0.25) is 0 Å². The smallest absolute Gasteiger partial charge is 0.225 e. The molecule has 30 heavy (non-hydrogen) atoms. The summed E-state index contributed by atoms with van der Waals surface area (Å²) < 4.78 is 5.46. The first-order valence-corrected chi connectivity index (χ1v) is 10.0. The van der Waals surface area contributed by atoms with Crippen LogP contribution in [0.25, 0.3) is 32.8 Å². The number of pyridine rings is 1. The van der Waals surface area contributed by atoms with E-state index in [1.807, 2.05) is 30.5 Å². The molecule has 148 valence electrons. The zero-order valence-electron chi connectivity index (χ0n) is 16.5. The van der Waals surface area contributed by atoms with Crippen molar-refractivity contribution in [2.75, 3.05) is 11.9 Å². The maximum atomic E-state index is 6.35. The van der Waals surface area contributed by atoms with E-state index in [1.54, 1.807) is 6.20 Å². The number of nitrogens with one attached hydrogen (secondary N) is 1. The highest BCUT2D eigenvalue weighted by Gasteiger charge is 2.10. The third-order valence-corrected chi connectivity index (χ3v) is 5.30. The second kappa shape index (κ2) is 7.97. The van der Waals surface area contributed by atoms with Crippen molar-refractivity contribution in [2.24, 2.45) is 5.73 Å². The molecule has 0 unspecified atom stereocenters. The third kappa shape index (κ3) is 3.88. The summed E-state index contributed by atoms with van der Waals surface area (Å²) in [6.07, 6.45) is 4.43. The van der Waals surface area contributed by atoms with E-state index in [-0.39, 0.29) is 6.04 Å². The van der Waals surface area contributed by atoms with Gasteiger partial charge < -0.3 is 15.6 Å². The Kier molecular flexibility index (Phi) is 4.87. The third-order valence-electron chi connectivity index (χ3n) is 5.30. The summed E-state index contributed by atoms with van der Waals surface area (Å²) in [4.78, 5) is 4.15. The summed E-state index contributed by atoms with van der Waals surface area (Å²) in [6.45, 7) is 0.602. The average Bonchev–Trinajstić information content (AvgIpc) is 3.26. The number of hydrogen-bond donors (Lipinski definition) is 2. The Balaban J connectivity index is 1.23. The first-order chi connectivity index (χ1) is 14.7. The summed E-state index contributed by atoms with van der Waals surface area (Å²) in [7, 11) is 0. The topological polar surface area (TPSA) is 77.0 Å². The summed E-state index contributed by atoms with van der Waals surface area (Å²) in [5, 5.41) is 12.2. The first-order valence-electron chi connectivity index (χ1n) is 10.0. The van der Waals surface area contributed by atoms with Crippen LogP contribution in [0.15, 0.2) is 89.7 Å². The van der Waals surface area contributed by atoms with E-state index in [0.29, 0.717) is 12.4 Å². The molecule has 0 radical (unpaired) electrons. The lowest BCUT2D eigenvalue weighted by Crippen LogP contribution is -2.31.